The Balaban J connectivity index is 1.54. The van der Waals surface area contributed by atoms with Crippen molar-refractivity contribution in [2.45, 2.75) is 6.92 Å². The first kappa shape index (κ1) is 16.8. The van der Waals surface area contributed by atoms with Gasteiger partial charge < -0.3 is 10.2 Å². The van der Waals surface area contributed by atoms with Crippen LogP contribution in [0.2, 0.25) is 0 Å². The molecule has 0 atom stereocenters. The van der Waals surface area contributed by atoms with Gasteiger partial charge in [0.1, 0.15) is 0 Å². The number of carbonyl (C=O) groups excluding carboxylic acids is 4. The molecule has 0 aromatic heterocycles. The predicted molar refractivity (Wildman–Crippen MR) is 94.3 cm³/mol. The molecule has 0 spiro atoms. The van der Waals surface area contributed by atoms with Gasteiger partial charge in [-0.25, -0.2) is 9.59 Å². The molecule has 0 unspecified atom stereocenters. The molecule has 4 amide bonds. The van der Waals surface area contributed by atoms with Gasteiger partial charge in [0.05, 0.1) is 16.7 Å². The maximum absolute atomic E-state index is 12.4. The molecule has 4 rings (SSSR count). The van der Waals surface area contributed by atoms with E-state index < -0.39 is 17.8 Å². The topological polar surface area (TPSA) is 96.0 Å². The molecule has 27 heavy (non-hydrogen) atoms. The van der Waals surface area contributed by atoms with Crippen molar-refractivity contribution in [2.75, 3.05) is 18.0 Å². The van der Waals surface area contributed by atoms with Crippen LogP contribution in [0.5, 0.6) is 0 Å². The second kappa shape index (κ2) is 6.24. The zero-order chi connectivity index (χ0) is 19.1. The van der Waals surface area contributed by atoms with Crippen LogP contribution in [0.15, 0.2) is 42.5 Å². The zero-order valence-electron chi connectivity index (χ0n) is 14.4. The van der Waals surface area contributed by atoms with Gasteiger partial charge in [-0.1, -0.05) is 17.2 Å². The molecule has 0 radical (unpaired) electrons. The van der Waals surface area contributed by atoms with E-state index in [0.29, 0.717) is 29.4 Å². The van der Waals surface area contributed by atoms with Crippen molar-refractivity contribution in [1.82, 2.24) is 10.4 Å². The van der Waals surface area contributed by atoms with E-state index in [-0.39, 0.29) is 22.7 Å². The third-order valence-corrected chi connectivity index (χ3v) is 4.51. The molecule has 1 fully saturated rings. The summed E-state index contributed by atoms with van der Waals surface area (Å²) in [5.41, 5.74) is 1.95. The van der Waals surface area contributed by atoms with E-state index in [2.05, 4.69) is 5.32 Å². The van der Waals surface area contributed by atoms with Gasteiger partial charge in [0.25, 0.3) is 11.8 Å². The number of benzene rings is 2. The Kier molecular flexibility index (Phi) is 3.88. The van der Waals surface area contributed by atoms with Gasteiger partial charge >= 0.3 is 12.0 Å². The van der Waals surface area contributed by atoms with Gasteiger partial charge in [-0.15, -0.1) is 0 Å². The average Bonchev–Trinajstić information content (AvgIpc) is 3.19. The lowest BCUT2D eigenvalue weighted by molar-refractivity contribution is -0.0584. The third-order valence-electron chi connectivity index (χ3n) is 4.51. The molecule has 0 bridgehead atoms. The van der Waals surface area contributed by atoms with E-state index >= 15 is 0 Å². The average molecular weight is 365 g/mol. The minimum atomic E-state index is -0.829. The number of aryl methyl sites for hydroxylation is 1. The highest BCUT2D eigenvalue weighted by molar-refractivity contribution is 6.21. The maximum atomic E-state index is 12.4. The van der Waals surface area contributed by atoms with Crippen LogP contribution in [0.3, 0.4) is 0 Å². The van der Waals surface area contributed by atoms with Gasteiger partial charge in [-0.3, -0.25) is 14.5 Å². The smallest absolute Gasteiger partial charge is 0.336 e. The number of hydrogen-bond donors (Lipinski definition) is 1. The van der Waals surface area contributed by atoms with Gasteiger partial charge in [0.2, 0.25) is 0 Å². The molecule has 8 nitrogen and oxygen atoms in total. The van der Waals surface area contributed by atoms with Crippen LogP contribution in [-0.4, -0.2) is 42.0 Å². The Morgan fingerprint density at radius 1 is 1.04 bits per heavy atom. The summed E-state index contributed by atoms with van der Waals surface area (Å²) in [6.45, 7) is 2.86. The van der Waals surface area contributed by atoms with Crippen LogP contribution in [0, 0.1) is 6.92 Å². The summed E-state index contributed by atoms with van der Waals surface area (Å²) in [5.74, 6) is -2.18. The first-order chi connectivity index (χ1) is 13.0. The number of carbonyl (C=O) groups is 4. The molecule has 136 valence electrons. The Morgan fingerprint density at radius 2 is 1.70 bits per heavy atom. The number of hydroxylamine groups is 2. The Morgan fingerprint density at radius 3 is 2.26 bits per heavy atom. The van der Waals surface area contributed by atoms with Crippen molar-refractivity contribution in [1.29, 1.82) is 0 Å². The molecular weight excluding hydrogens is 350 g/mol. The molecule has 2 aromatic rings. The molecule has 2 heterocycles. The highest BCUT2D eigenvalue weighted by Crippen LogP contribution is 2.26. The van der Waals surface area contributed by atoms with Crippen LogP contribution in [0.25, 0.3) is 0 Å². The number of nitrogens with zero attached hydrogens (tertiary/aromatic N) is 2. The van der Waals surface area contributed by atoms with Crippen molar-refractivity contribution in [2.24, 2.45) is 0 Å². The van der Waals surface area contributed by atoms with Crippen LogP contribution < -0.4 is 10.2 Å². The van der Waals surface area contributed by atoms with Gasteiger partial charge in [0.15, 0.2) is 0 Å². The number of nitrogens with one attached hydrogen (secondary N) is 1. The number of fused-ring (bicyclic) bond motifs is 1. The van der Waals surface area contributed by atoms with Crippen molar-refractivity contribution >= 4 is 29.5 Å². The fourth-order valence-corrected chi connectivity index (χ4v) is 3.17. The SMILES string of the molecule is Cc1cc(C(=O)ON2C(=O)c3ccccc3C2=O)ccc1N1CCNC1=O. The summed E-state index contributed by atoms with van der Waals surface area (Å²) in [6.07, 6.45) is 0. The monoisotopic (exact) mass is 365 g/mol. The second-order valence-electron chi connectivity index (χ2n) is 6.21. The lowest BCUT2D eigenvalue weighted by Crippen LogP contribution is -2.32. The molecule has 2 aliphatic heterocycles. The summed E-state index contributed by atoms with van der Waals surface area (Å²) in [5, 5.41) is 3.19. The van der Waals surface area contributed by atoms with Crippen LogP contribution in [0.1, 0.15) is 36.6 Å². The summed E-state index contributed by atoms with van der Waals surface area (Å²) < 4.78 is 0. The maximum Gasteiger partial charge on any atom is 0.363 e. The van der Waals surface area contributed by atoms with Crippen molar-refractivity contribution < 1.29 is 24.0 Å². The number of hydrogen-bond acceptors (Lipinski definition) is 5. The van der Waals surface area contributed by atoms with E-state index in [1.165, 1.54) is 18.2 Å². The standard InChI is InChI=1S/C19H15N3O5/c1-11-10-12(6-7-15(11)21-9-8-20-19(21)26)18(25)27-22-16(23)13-4-2-3-5-14(13)17(22)24/h2-7,10H,8-9H2,1H3,(H,20,26). The molecule has 8 heteroatoms. The van der Waals surface area contributed by atoms with E-state index in [1.54, 1.807) is 36.1 Å². The van der Waals surface area contributed by atoms with E-state index in [9.17, 15) is 19.2 Å². The molecule has 2 aliphatic rings. The quantitative estimate of drug-likeness (QED) is 0.838. The van der Waals surface area contributed by atoms with Crippen molar-refractivity contribution in [3.63, 3.8) is 0 Å². The summed E-state index contributed by atoms with van der Waals surface area (Å²) in [4.78, 5) is 55.4. The Labute approximate surface area is 154 Å². The minimum Gasteiger partial charge on any atom is -0.336 e. The normalized spacial score (nSPS) is 15.8. The largest absolute Gasteiger partial charge is 0.363 e. The molecule has 0 saturated carbocycles. The van der Waals surface area contributed by atoms with Crippen molar-refractivity contribution in [3.8, 4) is 0 Å². The van der Waals surface area contributed by atoms with Gasteiger partial charge in [-0.05, 0) is 42.8 Å². The zero-order valence-corrected chi connectivity index (χ0v) is 14.4. The first-order valence-electron chi connectivity index (χ1n) is 8.33. The number of imide groups is 1. The Bertz CT molecular complexity index is 966. The highest BCUT2D eigenvalue weighted by Gasteiger charge is 2.38. The predicted octanol–water partition coefficient (Wildman–Crippen LogP) is 1.89. The van der Waals surface area contributed by atoms with Crippen molar-refractivity contribution in [3.05, 3.63) is 64.7 Å². The van der Waals surface area contributed by atoms with E-state index in [0.717, 1.165) is 0 Å². The van der Waals surface area contributed by atoms with Crippen LogP contribution in [0.4, 0.5) is 10.5 Å². The first-order valence-corrected chi connectivity index (χ1v) is 8.33. The Hall–Kier alpha value is -3.68. The fraction of sp³-hybridized carbons (Fsp3) is 0.158. The number of urea groups is 1. The summed E-state index contributed by atoms with van der Waals surface area (Å²) >= 11 is 0. The third kappa shape index (κ3) is 2.71. The lowest BCUT2D eigenvalue weighted by atomic mass is 10.1. The van der Waals surface area contributed by atoms with Gasteiger partial charge in [0, 0.05) is 18.8 Å². The summed E-state index contributed by atoms with van der Waals surface area (Å²) in [6, 6.07) is 10.8. The van der Waals surface area contributed by atoms with Crippen LogP contribution in [-0.2, 0) is 4.84 Å². The molecule has 2 aromatic carbocycles. The highest BCUT2D eigenvalue weighted by atomic mass is 16.7. The van der Waals surface area contributed by atoms with E-state index in [4.69, 9.17) is 4.84 Å². The minimum absolute atomic E-state index is 0.174. The molecule has 1 N–H and O–H groups in total. The fourth-order valence-electron chi connectivity index (χ4n) is 3.17. The summed E-state index contributed by atoms with van der Waals surface area (Å²) in [7, 11) is 0. The van der Waals surface area contributed by atoms with E-state index in [1.807, 2.05) is 0 Å². The van der Waals surface area contributed by atoms with Gasteiger partial charge in [-0.2, -0.15) is 0 Å². The number of rotatable bonds is 3. The lowest BCUT2D eigenvalue weighted by Gasteiger charge is -2.18. The number of anilines is 1. The van der Waals surface area contributed by atoms with Crippen LogP contribution >= 0.6 is 0 Å². The second-order valence-corrected chi connectivity index (χ2v) is 6.21. The molecule has 1 saturated heterocycles. The molecule has 0 aliphatic carbocycles. The number of amides is 4. The molecular formula is C19H15N3O5.